The number of carbonyl (C=O) groups excluding carboxylic acids is 1. The zero-order valence-corrected chi connectivity index (χ0v) is 12.4. The Kier molecular flexibility index (Phi) is 4.83. The molecule has 1 aliphatic rings. The fourth-order valence-corrected chi connectivity index (χ4v) is 2.91. The normalized spacial score (nSPS) is 18.4. The van der Waals surface area contributed by atoms with E-state index >= 15 is 0 Å². The Morgan fingerprint density at radius 2 is 2.00 bits per heavy atom. The minimum absolute atomic E-state index is 0.624. The van der Waals surface area contributed by atoms with Gasteiger partial charge in [-0.15, -0.1) is 0 Å². The molecule has 0 bridgehead atoms. The van der Waals surface area contributed by atoms with Gasteiger partial charge in [-0.05, 0) is 25.5 Å². The molecule has 1 aliphatic heterocycles. The summed E-state index contributed by atoms with van der Waals surface area (Å²) in [4.78, 5) is 15.9. The second-order valence-corrected chi connectivity index (χ2v) is 5.48. The fourth-order valence-electron chi connectivity index (χ4n) is 2.61. The zero-order chi connectivity index (χ0) is 13.8. The van der Waals surface area contributed by atoms with Crippen molar-refractivity contribution in [2.45, 2.75) is 26.3 Å². The van der Waals surface area contributed by atoms with Crippen molar-refractivity contribution in [3.05, 3.63) is 28.8 Å². The summed E-state index contributed by atoms with van der Waals surface area (Å²) in [6.45, 7) is 8.39. The van der Waals surface area contributed by atoms with Crippen molar-refractivity contribution in [2.75, 3.05) is 31.1 Å². The van der Waals surface area contributed by atoms with Crippen LogP contribution in [0.25, 0.3) is 0 Å². The molecule has 0 amide bonds. The number of benzene rings is 1. The highest BCUT2D eigenvalue weighted by Crippen LogP contribution is 2.30. The number of aldehydes is 1. The van der Waals surface area contributed by atoms with Gasteiger partial charge in [0.15, 0.2) is 6.29 Å². The van der Waals surface area contributed by atoms with Crippen molar-refractivity contribution in [3.63, 3.8) is 0 Å². The molecule has 1 saturated heterocycles. The fraction of sp³-hybridized carbons (Fsp3) is 0.533. The van der Waals surface area contributed by atoms with Crippen LogP contribution < -0.4 is 4.90 Å². The Bertz CT molecular complexity index is 442. The van der Waals surface area contributed by atoms with Crippen LogP contribution >= 0.6 is 11.6 Å². The van der Waals surface area contributed by atoms with E-state index in [2.05, 4.69) is 23.6 Å². The number of nitrogens with zero attached hydrogens (tertiary/aromatic N) is 2. The number of para-hydroxylation sites is 1. The van der Waals surface area contributed by atoms with Gasteiger partial charge in [0.2, 0.25) is 0 Å². The van der Waals surface area contributed by atoms with Crippen LogP contribution in [0.3, 0.4) is 0 Å². The van der Waals surface area contributed by atoms with Crippen molar-refractivity contribution < 1.29 is 4.79 Å². The monoisotopic (exact) mass is 280 g/mol. The maximum Gasteiger partial charge on any atom is 0.152 e. The molecule has 19 heavy (non-hydrogen) atoms. The van der Waals surface area contributed by atoms with Crippen LogP contribution in [0, 0.1) is 0 Å². The van der Waals surface area contributed by atoms with Gasteiger partial charge in [-0.1, -0.05) is 24.6 Å². The maximum atomic E-state index is 11.1. The molecule has 0 spiro atoms. The standard InChI is InChI=1S/C15H21ClN2O/c1-3-12(2)17-7-9-18(10-8-17)15-13(11-19)5-4-6-14(15)16/h4-6,11-12H,3,7-10H2,1-2H3. The van der Waals surface area contributed by atoms with E-state index in [0.717, 1.165) is 38.2 Å². The van der Waals surface area contributed by atoms with Gasteiger partial charge in [-0.3, -0.25) is 9.69 Å². The number of rotatable bonds is 4. The van der Waals surface area contributed by atoms with Gasteiger partial charge in [-0.25, -0.2) is 0 Å². The molecule has 2 rings (SSSR count). The quantitative estimate of drug-likeness (QED) is 0.792. The smallest absolute Gasteiger partial charge is 0.152 e. The lowest BCUT2D eigenvalue weighted by molar-refractivity contribution is 0.112. The largest absolute Gasteiger partial charge is 0.367 e. The molecule has 1 aromatic rings. The third-order valence-corrected chi connectivity index (χ3v) is 4.29. The molecular weight excluding hydrogens is 260 g/mol. The molecule has 0 saturated carbocycles. The van der Waals surface area contributed by atoms with Crippen molar-refractivity contribution in [2.24, 2.45) is 0 Å². The Labute approximate surface area is 120 Å². The van der Waals surface area contributed by atoms with Crippen molar-refractivity contribution in [1.29, 1.82) is 0 Å². The third kappa shape index (κ3) is 3.10. The first-order chi connectivity index (χ1) is 9.17. The highest BCUT2D eigenvalue weighted by Gasteiger charge is 2.23. The molecule has 104 valence electrons. The predicted octanol–water partition coefficient (Wildman–Crippen LogP) is 3.07. The molecule has 1 atom stereocenters. The molecule has 4 heteroatoms. The number of anilines is 1. The first-order valence-electron chi connectivity index (χ1n) is 6.90. The Hall–Kier alpha value is -1.06. The lowest BCUT2D eigenvalue weighted by Gasteiger charge is -2.39. The summed E-state index contributed by atoms with van der Waals surface area (Å²) in [6.07, 6.45) is 2.06. The molecule has 1 aromatic carbocycles. The van der Waals surface area contributed by atoms with E-state index in [1.54, 1.807) is 0 Å². The number of hydrogen-bond acceptors (Lipinski definition) is 3. The molecule has 1 heterocycles. The van der Waals surface area contributed by atoms with Crippen LogP contribution in [-0.4, -0.2) is 43.4 Å². The van der Waals surface area contributed by atoms with E-state index in [0.29, 0.717) is 16.6 Å². The van der Waals surface area contributed by atoms with Gasteiger partial charge in [0, 0.05) is 37.8 Å². The average molecular weight is 281 g/mol. The molecular formula is C15H21ClN2O. The van der Waals surface area contributed by atoms with Gasteiger partial charge in [0.25, 0.3) is 0 Å². The average Bonchev–Trinajstić information content (AvgIpc) is 2.46. The molecule has 0 radical (unpaired) electrons. The Balaban J connectivity index is 2.12. The van der Waals surface area contributed by atoms with Crippen LogP contribution in [0.1, 0.15) is 30.6 Å². The summed E-state index contributed by atoms with van der Waals surface area (Å²) in [6, 6.07) is 6.13. The maximum absolute atomic E-state index is 11.1. The summed E-state index contributed by atoms with van der Waals surface area (Å²) < 4.78 is 0. The van der Waals surface area contributed by atoms with Crippen LogP contribution in [0.2, 0.25) is 5.02 Å². The van der Waals surface area contributed by atoms with E-state index in [1.165, 1.54) is 6.42 Å². The predicted molar refractivity (Wildman–Crippen MR) is 80.4 cm³/mol. The van der Waals surface area contributed by atoms with E-state index in [9.17, 15) is 4.79 Å². The van der Waals surface area contributed by atoms with Crippen molar-refractivity contribution >= 4 is 23.6 Å². The molecule has 1 unspecified atom stereocenters. The van der Waals surface area contributed by atoms with Gasteiger partial charge >= 0.3 is 0 Å². The lowest BCUT2D eigenvalue weighted by atomic mass is 10.1. The van der Waals surface area contributed by atoms with E-state index in [-0.39, 0.29) is 0 Å². The van der Waals surface area contributed by atoms with Gasteiger partial charge < -0.3 is 4.90 Å². The summed E-state index contributed by atoms with van der Waals surface area (Å²) in [7, 11) is 0. The van der Waals surface area contributed by atoms with E-state index < -0.39 is 0 Å². The molecule has 3 nitrogen and oxygen atoms in total. The summed E-state index contributed by atoms with van der Waals surface area (Å²) in [5.41, 5.74) is 1.58. The first kappa shape index (κ1) is 14.4. The Morgan fingerprint density at radius 1 is 1.32 bits per heavy atom. The van der Waals surface area contributed by atoms with Crippen LogP contribution in [0.5, 0.6) is 0 Å². The van der Waals surface area contributed by atoms with Gasteiger partial charge in [0.05, 0.1) is 10.7 Å². The second-order valence-electron chi connectivity index (χ2n) is 5.08. The van der Waals surface area contributed by atoms with Crippen LogP contribution in [0.15, 0.2) is 18.2 Å². The second kappa shape index (κ2) is 6.40. The number of halogens is 1. The molecule has 0 aliphatic carbocycles. The number of carbonyl (C=O) groups is 1. The van der Waals surface area contributed by atoms with Gasteiger partial charge in [0.1, 0.15) is 0 Å². The zero-order valence-electron chi connectivity index (χ0n) is 11.6. The molecule has 1 fully saturated rings. The van der Waals surface area contributed by atoms with Crippen LogP contribution in [-0.2, 0) is 0 Å². The van der Waals surface area contributed by atoms with E-state index in [4.69, 9.17) is 11.6 Å². The van der Waals surface area contributed by atoms with E-state index in [1.807, 2.05) is 18.2 Å². The first-order valence-corrected chi connectivity index (χ1v) is 7.27. The Morgan fingerprint density at radius 3 is 2.58 bits per heavy atom. The minimum atomic E-state index is 0.624. The SMILES string of the molecule is CCC(C)N1CCN(c2c(Cl)cccc2C=O)CC1. The number of piperazine rings is 1. The highest BCUT2D eigenvalue weighted by atomic mass is 35.5. The summed E-state index contributed by atoms with van der Waals surface area (Å²) in [5.74, 6) is 0. The molecule has 0 N–H and O–H groups in total. The summed E-state index contributed by atoms with van der Waals surface area (Å²) in [5, 5.41) is 0.668. The van der Waals surface area contributed by atoms with Crippen LogP contribution in [0.4, 0.5) is 5.69 Å². The third-order valence-electron chi connectivity index (χ3n) is 3.99. The topological polar surface area (TPSA) is 23.6 Å². The number of hydrogen-bond donors (Lipinski definition) is 0. The van der Waals surface area contributed by atoms with Crippen molar-refractivity contribution in [3.8, 4) is 0 Å². The molecule has 0 aromatic heterocycles. The lowest BCUT2D eigenvalue weighted by Crippen LogP contribution is -2.49. The highest BCUT2D eigenvalue weighted by molar-refractivity contribution is 6.33. The van der Waals surface area contributed by atoms with Gasteiger partial charge in [-0.2, -0.15) is 0 Å². The van der Waals surface area contributed by atoms with Crippen molar-refractivity contribution in [1.82, 2.24) is 4.90 Å². The minimum Gasteiger partial charge on any atom is -0.367 e. The summed E-state index contributed by atoms with van der Waals surface area (Å²) >= 11 is 6.25.